The van der Waals surface area contributed by atoms with E-state index in [1.165, 1.54) is 0 Å². The van der Waals surface area contributed by atoms with E-state index in [9.17, 15) is 4.21 Å². The maximum atomic E-state index is 13.0. The molecule has 0 N–H and O–H groups in total. The Labute approximate surface area is 149 Å². The predicted octanol–water partition coefficient (Wildman–Crippen LogP) is 4.37. The van der Waals surface area contributed by atoms with Crippen LogP contribution in [0.1, 0.15) is 17.2 Å². The van der Waals surface area contributed by atoms with Crippen molar-refractivity contribution in [1.29, 1.82) is 0 Å². The van der Waals surface area contributed by atoms with Crippen molar-refractivity contribution in [3.8, 4) is 0 Å². The van der Waals surface area contributed by atoms with Gasteiger partial charge in [0.15, 0.2) is 0 Å². The first kappa shape index (κ1) is 15.8. The topological polar surface area (TPSA) is 38.7 Å². The van der Waals surface area contributed by atoms with Crippen LogP contribution in [0.3, 0.4) is 0 Å². The van der Waals surface area contributed by atoms with Gasteiger partial charge in [0.2, 0.25) is 5.90 Å². The summed E-state index contributed by atoms with van der Waals surface area (Å²) in [6.07, 6.45) is 0. The van der Waals surface area contributed by atoms with Crippen LogP contribution in [-0.4, -0.2) is 16.7 Å². The fraction of sp³-hybridized carbons (Fsp3) is 0.0952. The lowest BCUT2D eigenvalue weighted by molar-refractivity contribution is 0.319. The Kier molecular flexibility index (Phi) is 4.44. The molecule has 3 aromatic carbocycles. The zero-order valence-corrected chi connectivity index (χ0v) is 14.4. The Morgan fingerprint density at radius 2 is 1.48 bits per heavy atom. The average molecular weight is 347 g/mol. The van der Waals surface area contributed by atoms with Crippen LogP contribution in [-0.2, 0) is 15.5 Å². The van der Waals surface area contributed by atoms with Gasteiger partial charge in [-0.1, -0.05) is 60.7 Å². The van der Waals surface area contributed by atoms with E-state index in [-0.39, 0.29) is 6.04 Å². The van der Waals surface area contributed by atoms with Gasteiger partial charge >= 0.3 is 0 Å². The second-order valence-electron chi connectivity index (χ2n) is 5.75. The fourth-order valence-corrected chi connectivity index (χ4v) is 4.06. The number of hydrogen-bond acceptors (Lipinski definition) is 3. The van der Waals surface area contributed by atoms with E-state index in [1.807, 2.05) is 72.8 Å². The summed E-state index contributed by atoms with van der Waals surface area (Å²) < 4.78 is 18.8. The summed E-state index contributed by atoms with van der Waals surface area (Å²) in [4.78, 5) is 6.22. The molecule has 1 aliphatic heterocycles. The molecule has 0 radical (unpaired) electrons. The third-order valence-electron chi connectivity index (χ3n) is 4.11. The van der Waals surface area contributed by atoms with Gasteiger partial charge in [0.05, 0.1) is 21.3 Å². The van der Waals surface area contributed by atoms with E-state index in [2.05, 4.69) is 12.1 Å². The van der Waals surface area contributed by atoms with E-state index in [0.717, 1.165) is 20.9 Å². The van der Waals surface area contributed by atoms with Crippen LogP contribution in [0.2, 0.25) is 0 Å². The SMILES string of the molecule is O=[S@](c1ccccc1)c1ccccc1C1=NC(c2ccccc2)CO1. The molecule has 0 aromatic heterocycles. The van der Waals surface area contributed by atoms with Gasteiger partial charge in [0.1, 0.15) is 12.6 Å². The van der Waals surface area contributed by atoms with Crippen molar-refractivity contribution in [2.45, 2.75) is 15.8 Å². The summed E-state index contributed by atoms with van der Waals surface area (Å²) in [6, 6.07) is 27.1. The van der Waals surface area contributed by atoms with Crippen molar-refractivity contribution in [1.82, 2.24) is 0 Å². The van der Waals surface area contributed by atoms with Crippen molar-refractivity contribution in [2.75, 3.05) is 6.61 Å². The first-order valence-electron chi connectivity index (χ1n) is 8.15. The smallest absolute Gasteiger partial charge is 0.218 e. The van der Waals surface area contributed by atoms with Crippen LogP contribution in [0.15, 0.2) is 99.7 Å². The number of benzene rings is 3. The normalized spacial score (nSPS) is 17.6. The molecule has 0 spiro atoms. The zero-order valence-electron chi connectivity index (χ0n) is 13.5. The highest BCUT2D eigenvalue weighted by Crippen LogP contribution is 2.28. The minimum atomic E-state index is -1.27. The first-order valence-corrected chi connectivity index (χ1v) is 9.29. The fourth-order valence-electron chi connectivity index (χ4n) is 2.84. The maximum Gasteiger partial charge on any atom is 0.218 e. The highest BCUT2D eigenvalue weighted by molar-refractivity contribution is 7.85. The number of hydrogen-bond donors (Lipinski definition) is 0. The lowest BCUT2D eigenvalue weighted by Crippen LogP contribution is -2.07. The molecule has 25 heavy (non-hydrogen) atoms. The van der Waals surface area contributed by atoms with Gasteiger partial charge in [-0.2, -0.15) is 0 Å². The number of nitrogens with zero attached hydrogens (tertiary/aromatic N) is 1. The summed E-state index contributed by atoms with van der Waals surface area (Å²) in [7, 11) is -1.27. The van der Waals surface area contributed by atoms with E-state index in [4.69, 9.17) is 9.73 Å². The lowest BCUT2D eigenvalue weighted by Gasteiger charge is -2.09. The molecule has 1 heterocycles. The third-order valence-corrected chi connectivity index (χ3v) is 5.57. The highest BCUT2D eigenvalue weighted by Gasteiger charge is 2.24. The van der Waals surface area contributed by atoms with Crippen molar-refractivity contribution in [3.63, 3.8) is 0 Å². The summed E-state index contributed by atoms with van der Waals surface area (Å²) in [5, 5.41) is 0. The summed E-state index contributed by atoms with van der Waals surface area (Å²) in [5.74, 6) is 0.564. The molecule has 4 heteroatoms. The van der Waals surface area contributed by atoms with Gasteiger partial charge < -0.3 is 4.74 Å². The average Bonchev–Trinajstić information content (AvgIpc) is 3.19. The first-order chi connectivity index (χ1) is 12.3. The van der Waals surface area contributed by atoms with Gasteiger partial charge in [0.25, 0.3) is 0 Å². The summed E-state index contributed by atoms with van der Waals surface area (Å²) in [6.45, 7) is 0.506. The highest BCUT2D eigenvalue weighted by atomic mass is 32.2. The minimum absolute atomic E-state index is 0.0191. The monoisotopic (exact) mass is 347 g/mol. The lowest BCUT2D eigenvalue weighted by atomic mass is 10.1. The Balaban J connectivity index is 1.69. The van der Waals surface area contributed by atoms with Gasteiger partial charge in [-0.25, -0.2) is 9.20 Å². The van der Waals surface area contributed by atoms with Gasteiger partial charge in [0, 0.05) is 4.90 Å². The molecule has 1 aliphatic rings. The van der Waals surface area contributed by atoms with Crippen LogP contribution in [0.5, 0.6) is 0 Å². The zero-order chi connectivity index (χ0) is 17.1. The Morgan fingerprint density at radius 3 is 2.24 bits per heavy atom. The summed E-state index contributed by atoms with van der Waals surface area (Å²) in [5.41, 5.74) is 1.92. The number of ether oxygens (including phenoxy) is 1. The molecule has 1 unspecified atom stereocenters. The van der Waals surface area contributed by atoms with E-state index in [0.29, 0.717) is 12.5 Å². The third kappa shape index (κ3) is 3.26. The van der Waals surface area contributed by atoms with E-state index >= 15 is 0 Å². The maximum absolute atomic E-state index is 13.0. The molecule has 0 fully saturated rings. The van der Waals surface area contributed by atoms with Crippen molar-refractivity contribution in [2.24, 2.45) is 4.99 Å². The molecule has 0 bridgehead atoms. The quantitative estimate of drug-likeness (QED) is 0.703. The largest absolute Gasteiger partial charge is 0.475 e. The predicted molar refractivity (Wildman–Crippen MR) is 99.2 cm³/mol. The van der Waals surface area contributed by atoms with Crippen LogP contribution < -0.4 is 0 Å². The molecule has 0 saturated carbocycles. The minimum Gasteiger partial charge on any atom is -0.475 e. The Hall–Kier alpha value is -2.72. The van der Waals surface area contributed by atoms with Gasteiger partial charge in [-0.15, -0.1) is 0 Å². The Morgan fingerprint density at radius 1 is 0.840 bits per heavy atom. The second-order valence-corrected chi connectivity index (χ2v) is 7.20. The van der Waals surface area contributed by atoms with E-state index in [1.54, 1.807) is 0 Å². The molecule has 2 atom stereocenters. The molecule has 3 nitrogen and oxygen atoms in total. The summed E-state index contributed by atoms with van der Waals surface area (Å²) >= 11 is 0. The second kappa shape index (κ2) is 7.03. The number of aliphatic imine (C=N–C) groups is 1. The van der Waals surface area contributed by atoms with Crippen LogP contribution >= 0.6 is 0 Å². The number of rotatable bonds is 4. The molecule has 3 aromatic rings. The van der Waals surface area contributed by atoms with Crippen LogP contribution in [0.25, 0.3) is 0 Å². The van der Waals surface area contributed by atoms with Gasteiger partial charge in [-0.05, 0) is 29.8 Å². The Bertz CT molecular complexity index is 923. The standard InChI is InChI=1S/C21H17NO2S/c23-25(17-11-5-2-6-12-17)20-14-8-7-13-18(20)21-22-19(15-24-21)16-9-3-1-4-10-16/h1-14,19H,15H2/t19?,25-/m1/s1. The molecule has 0 amide bonds. The van der Waals surface area contributed by atoms with Gasteiger partial charge in [-0.3, -0.25) is 0 Å². The molecule has 4 rings (SSSR count). The van der Waals surface area contributed by atoms with Crippen molar-refractivity contribution < 1.29 is 8.95 Å². The molecule has 0 aliphatic carbocycles. The van der Waals surface area contributed by atoms with Crippen LogP contribution in [0, 0.1) is 0 Å². The molecular formula is C21H17NO2S. The molecular weight excluding hydrogens is 330 g/mol. The van der Waals surface area contributed by atoms with Crippen LogP contribution in [0.4, 0.5) is 0 Å². The van der Waals surface area contributed by atoms with Crippen molar-refractivity contribution in [3.05, 3.63) is 96.1 Å². The molecule has 0 saturated heterocycles. The van der Waals surface area contributed by atoms with Crippen molar-refractivity contribution >= 4 is 16.7 Å². The van der Waals surface area contributed by atoms with E-state index < -0.39 is 10.8 Å². The molecule has 124 valence electrons.